The number of aliphatic hydroxyl groups is 1. The van der Waals surface area contributed by atoms with Crippen LogP contribution in [0, 0.1) is 0 Å². The molecular weight excluding hydrogens is 308 g/mol. The minimum absolute atomic E-state index is 0.00773. The molecule has 0 aromatic carbocycles. The Bertz CT molecular complexity index is 398. The number of ether oxygens (including phenoxy) is 1. The highest BCUT2D eigenvalue weighted by molar-refractivity contribution is 5.00. The minimum atomic E-state index is 0.00773. The van der Waals surface area contributed by atoms with Gasteiger partial charge in [-0.25, -0.2) is 0 Å². The fourth-order valence-electron chi connectivity index (χ4n) is 2.29. The summed E-state index contributed by atoms with van der Waals surface area (Å²) in [7, 11) is 1.66. The Kier molecular flexibility index (Phi) is 19.5. The van der Waals surface area contributed by atoms with Crippen LogP contribution in [-0.2, 0) is 4.74 Å². The van der Waals surface area contributed by atoms with Gasteiger partial charge in [-0.05, 0) is 51.4 Å². The maximum atomic E-state index is 9.01. The zero-order valence-corrected chi connectivity index (χ0v) is 16.3. The number of hydrogen-bond acceptors (Lipinski definition) is 2. The van der Waals surface area contributed by atoms with E-state index in [1.165, 1.54) is 0 Å². The minimum Gasteiger partial charge on any atom is -0.394 e. The third kappa shape index (κ3) is 18.8. The first-order valence-corrected chi connectivity index (χ1v) is 9.73. The summed E-state index contributed by atoms with van der Waals surface area (Å²) < 4.78 is 5.14. The smallest absolute Gasteiger partial charge is 0.0802 e. The van der Waals surface area contributed by atoms with Crippen molar-refractivity contribution in [2.75, 3.05) is 13.7 Å². The number of aliphatic hydroxyl groups excluding tert-OH is 1. The average Bonchev–Trinajstić information content (AvgIpc) is 2.64. The van der Waals surface area contributed by atoms with E-state index in [-0.39, 0.29) is 12.7 Å². The normalized spacial score (nSPS) is 14.2. The van der Waals surface area contributed by atoms with E-state index in [9.17, 15) is 0 Å². The summed E-state index contributed by atoms with van der Waals surface area (Å²) in [5, 5.41) is 9.01. The Hall–Kier alpha value is -1.38. The Morgan fingerprint density at radius 2 is 1.20 bits per heavy atom. The molecule has 0 heterocycles. The number of rotatable bonds is 16. The summed E-state index contributed by atoms with van der Waals surface area (Å²) in [4.78, 5) is 0. The number of hydrogen-bond donors (Lipinski definition) is 1. The predicted molar refractivity (Wildman–Crippen MR) is 111 cm³/mol. The Morgan fingerprint density at radius 1 is 0.720 bits per heavy atom. The van der Waals surface area contributed by atoms with E-state index in [0.717, 1.165) is 57.8 Å². The Balaban J connectivity index is 3.47. The van der Waals surface area contributed by atoms with Gasteiger partial charge < -0.3 is 9.84 Å². The fourth-order valence-corrected chi connectivity index (χ4v) is 2.29. The van der Waals surface area contributed by atoms with E-state index in [4.69, 9.17) is 9.84 Å². The summed E-state index contributed by atoms with van der Waals surface area (Å²) >= 11 is 0. The van der Waals surface area contributed by atoms with E-state index in [1.807, 2.05) is 0 Å². The molecule has 2 nitrogen and oxygen atoms in total. The summed E-state index contributed by atoms with van der Waals surface area (Å²) in [5.74, 6) is 0. The quantitative estimate of drug-likeness (QED) is 0.262. The molecule has 1 N–H and O–H groups in total. The molecule has 0 amide bonds. The molecule has 0 saturated carbocycles. The van der Waals surface area contributed by atoms with Crippen LogP contribution in [0.15, 0.2) is 60.8 Å². The Morgan fingerprint density at radius 3 is 1.64 bits per heavy atom. The zero-order chi connectivity index (χ0) is 18.4. The van der Waals surface area contributed by atoms with Crippen molar-refractivity contribution < 1.29 is 9.84 Å². The molecule has 0 rings (SSSR count). The van der Waals surface area contributed by atoms with Gasteiger partial charge in [-0.3, -0.25) is 0 Å². The van der Waals surface area contributed by atoms with Crippen molar-refractivity contribution in [3.63, 3.8) is 0 Å². The van der Waals surface area contributed by atoms with Crippen molar-refractivity contribution in [3.05, 3.63) is 60.8 Å². The first kappa shape index (κ1) is 23.6. The highest BCUT2D eigenvalue weighted by Gasteiger charge is 2.03. The number of allylic oxidation sites excluding steroid dienone is 10. The van der Waals surface area contributed by atoms with Crippen molar-refractivity contribution in [3.8, 4) is 0 Å². The highest BCUT2D eigenvalue weighted by atomic mass is 16.5. The lowest BCUT2D eigenvalue weighted by Gasteiger charge is -2.10. The maximum Gasteiger partial charge on any atom is 0.0802 e. The van der Waals surface area contributed by atoms with E-state index in [0.29, 0.717) is 0 Å². The van der Waals surface area contributed by atoms with Crippen LogP contribution in [0.3, 0.4) is 0 Å². The predicted octanol–water partition coefficient (Wildman–Crippen LogP) is 6.31. The number of unbranched alkanes of at least 4 members (excludes halogenated alkanes) is 2. The zero-order valence-electron chi connectivity index (χ0n) is 16.3. The molecule has 0 aromatic rings. The van der Waals surface area contributed by atoms with Crippen LogP contribution in [-0.4, -0.2) is 24.9 Å². The van der Waals surface area contributed by atoms with Crippen LogP contribution in [0.2, 0.25) is 0 Å². The fraction of sp³-hybridized carbons (Fsp3) is 0.565. The van der Waals surface area contributed by atoms with Gasteiger partial charge in [0.15, 0.2) is 0 Å². The maximum absolute atomic E-state index is 9.01. The molecule has 0 aromatic heterocycles. The molecule has 25 heavy (non-hydrogen) atoms. The second-order valence-electron chi connectivity index (χ2n) is 6.03. The molecule has 0 aliphatic rings. The summed E-state index contributed by atoms with van der Waals surface area (Å²) in [6, 6.07) is 0. The van der Waals surface area contributed by atoms with Gasteiger partial charge in [0.1, 0.15) is 0 Å². The van der Waals surface area contributed by atoms with Crippen LogP contribution in [0.1, 0.15) is 64.7 Å². The van der Waals surface area contributed by atoms with Crippen LogP contribution in [0.4, 0.5) is 0 Å². The van der Waals surface area contributed by atoms with Crippen molar-refractivity contribution >= 4 is 0 Å². The van der Waals surface area contributed by atoms with Gasteiger partial charge in [0.25, 0.3) is 0 Å². The molecule has 1 unspecified atom stereocenters. The lowest BCUT2D eigenvalue weighted by Crippen LogP contribution is -2.14. The van der Waals surface area contributed by atoms with Gasteiger partial charge in [0.05, 0.1) is 12.7 Å². The molecule has 0 aliphatic heterocycles. The van der Waals surface area contributed by atoms with Crippen molar-refractivity contribution in [2.24, 2.45) is 0 Å². The summed E-state index contributed by atoms with van der Waals surface area (Å²) in [5.41, 5.74) is 0. The van der Waals surface area contributed by atoms with Gasteiger partial charge in [0, 0.05) is 7.11 Å². The second-order valence-corrected chi connectivity index (χ2v) is 6.03. The third-order valence-electron chi connectivity index (χ3n) is 3.84. The van der Waals surface area contributed by atoms with Gasteiger partial charge >= 0.3 is 0 Å². The van der Waals surface area contributed by atoms with Gasteiger partial charge in [0.2, 0.25) is 0 Å². The van der Waals surface area contributed by atoms with Crippen molar-refractivity contribution in [1.82, 2.24) is 0 Å². The Labute approximate surface area is 155 Å². The van der Waals surface area contributed by atoms with Crippen molar-refractivity contribution in [2.45, 2.75) is 70.8 Å². The van der Waals surface area contributed by atoms with Crippen molar-refractivity contribution in [1.29, 1.82) is 0 Å². The molecule has 0 spiro atoms. The molecular formula is C23H38O2. The second kappa shape index (κ2) is 20.7. The van der Waals surface area contributed by atoms with Crippen LogP contribution in [0.25, 0.3) is 0 Å². The molecule has 0 saturated heterocycles. The van der Waals surface area contributed by atoms with Gasteiger partial charge in [-0.1, -0.05) is 74.1 Å². The van der Waals surface area contributed by atoms with Gasteiger partial charge in [-0.15, -0.1) is 0 Å². The molecule has 0 fully saturated rings. The molecule has 2 heteroatoms. The lowest BCUT2D eigenvalue weighted by atomic mass is 10.1. The van der Waals surface area contributed by atoms with Crippen LogP contribution < -0.4 is 0 Å². The summed E-state index contributed by atoms with van der Waals surface area (Å²) in [6.45, 7) is 2.28. The first-order valence-electron chi connectivity index (χ1n) is 9.73. The highest BCUT2D eigenvalue weighted by Crippen LogP contribution is 2.06. The van der Waals surface area contributed by atoms with Crippen LogP contribution >= 0.6 is 0 Å². The molecule has 1 atom stereocenters. The topological polar surface area (TPSA) is 29.5 Å². The number of methoxy groups -OCH3 is 1. The van der Waals surface area contributed by atoms with Gasteiger partial charge in [-0.2, -0.15) is 0 Å². The van der Waals surface area contributed by atoms with Crippen LogP contribution in [0.5, 0.6) is 0 Å². The SMILES string of the molecule is CC/C=C\C/C=C\C/C=C\C/C=C\C/C=C\CCCCC(CO)OC. The van der Waals surface area contributed by atoms with E-state index in [2.05, 4.69) is 67.7 Å². The monoisotopic (exact) mass is 346 g/mol. The first-order chi connectivity index (χ1) is 12.3. The average molecular weight is 347 g/mol. The molecule has 0 bridgehead atoms. The molecule has 142 valence electrons. The summed E-state index contributed by atoms with van der Waals surface area (Å²) in [6.07, 6.45) is 31.7. The van der Waals surface area contributed by atoms with E-state index >= 15 is 0 Å². The lowest BCUT2D eigenvalue weighted by molar-refractivity contribution is 0.0416. The van der Waals surface area contributed by atoms with E-state index in [1.54, 1.807) is 7.11 Å². The molecule has 0 radical (unpaired) electrons. The molecule has 0 aliphatic carbocycles. The third-order valence-corrected chi connectivity index (χ3v) is 3.84. The van der Waals surface area contributed by atoms with E-state index < -0.39 is 0 Å². The largest absolute Gasteiger partial charge is 0.394 e. The standard InChI is InChI=1S/C23H38O2/c1-3-4-5-6-7-8-9-10-11-12-13-14-15-16-17-18-19-20-21-23(22-24)25-2/h4-5,7-8,10-11,13-14,16-17,23-24H,3,6,9,12,15,18-22H2,1-2H3/b5-4-,8-7-,11-10-,14-13-,17-16-.